The number of hydrogen-bond donors (Lipinski definition) is 1. The summed E-state index contributed by atoms with van der Waals surface area (Å²) < 4.78 is 5.21. The van der Waals surface area contributed by atoms with Crippen LogP contribution in [0.3, 0.4) is 0 Å². The van der Waals surface area contributed by atoms with Crippen LogP contribution in [0.4, 0.5) is 11.4 Å². The minimum Gasteiger partial charge on any atom is -0.478 e. The van der Waals surface area contributed by atoms with Crippen molar-refractivity contribution in [1.82, 2.24) is 9.97 Å². The van der Waals surface area contributed by atoms with E-state index in [4.69, 9.17) is 4.74 Å². The molecule has 8 nitrogen and oxygen atoms in total. The molecule has 8 heteroatoms. The predicted octanol–water partition coefficient (Wildman–Crippen LogP) is 2.34. The van der Waals surface area contributed by atoms with Crippen LogP contribution in [-0.4, -0.2) is 27.4 Å². The van der Waals surface area contributed by atoms with Crippen molar-refractivity contribution in [3.05, 3.63) is 52.0 Å². The van der Waals surface area contributed by atoms with E-state index in [2.05, 4.69) is 15.3 Å². The van der Waals surface area contributed by atoms with E-state index < -0.39 is 10.8 Å². The largest absolute Gasteiger partial charge is 0.478 e. The van der Waals surface area contributed by atoms with E-state index >= 15 is 0 Å². The van der Waals surface area contributed by atoms with Crippen LogP contribution in [0.5, 0.6) is 5.88 Å². The van der Waals surface area contributed by atoms with E-state index in [0.29, 0.717) is 23.7 Å². The Hall–Kier alpha value is -3.03. The Balaban J connectivity index is 2.18. The zero-order valence-electron chi connectivity index (χ0n) is 12.1. The number of aryl methyl sites for hydroxylation is 1. The molecule has 0 aliphatic heterocycles. The highest BCUT2D eigenvalue weighted by Crippen LogP contribution is 2.21. The number of nitro groups is 1. The molecule has 0 bridgehead atoms. The van der Waals surface area contributed by atoms with Gasteiger partial charge in [0.2, 0.25) is 5.88 Å². The van der Waals surface area contributed by atoms with Gasteiger partial charge >= 0.3 is 0 Å². The lowest BCUT2D eigenvalue weighted by molar-refractivity contribution is -0.384. The molecular formula is C14H14N4O4. The first-order valence-electron chi connectivity index (χ1n) is 6.52. The highest BCUT2D eigenvalue weighted by molar-refractivity contribution is 6.03. The number of anilines is 1. The van der Waals surface area contributed by atoms with Gasteiger partial charge in [-0.15, -0.1) is 0 Å². The molecule has 0 unspecified atom stereocenters. The number of nitro benzene ring substituents is 1. The van der Waals surface area contributed by atoms with Crippen molar-refractivity contribution in [2.24, 2.45) is 0 Å². The summed E-state index contributed by atoms with van der Waals surface area (Å²) in [6.07, 6.45) is 1.24. The zero-order valence-corrected chi connectivity index (χ0v) is 12.1. The monoisotopic (exact) mass is 302 g/mol. The van der Waals surface area contributed by atoms with Gasteiger partial charge < -0.3 is 10.1 Å². The Morgan fingerprint density at radius 1 is 1.36 bits per heavy atom. The summed E-state index contributed by atoms with van der Waals surface area (Å²) in [5.41, 5.74) is 1.18. The Kier molecular flexibility index (Phi) is 4.62. The summed E-state index contributed by atoms with van der Waals surface area (Å²) in [5.74, 6) is -0.136. The molecule has 1 N–H and O–H groups in total. The third-order valence-corrected chi connectivity index (χ3v) is 2.84. The first kappa shape index (κ1) is 15.4. The van der Waals surface area contributed by atoms with Crippen molar-refractivity contribution in [2.45, 2.75) is 13.8 Å². The fraction of sp³-hybridized carbons (Fsp3) is 0.214. The second kappa shape index (κ2) is 6.61. The molecule has 1 aromatic carbocycles. The van der Waals surface area contributed by atoms with E-state index in [1.807, 2.05) is 6.92 Å². The highest BCUT2D eigenvalue weighted by atomic mass is 16.6. The second-order valence-corrected chi connectivity index (χ2v) is 4.38. The maximum absolute atomic E-state index is 12.2. The third-order valence-electron chi connectivity index (χ3n) is 2.84. The highest BCUT2D eigenvalue weighted by Gasteiger charge is 2.13. The summed E-state index contributed by atoms with van der Waals surface area (Å²) in [7, 11) is 0. The van der Waals surface area contributed by atoms with Crippen LogP contribution >= 0.6 is 0 Å². The van der Waals surface area contributed by atoms with Gasteiger partial charge in [-0.05, 0) is 25.5 Å². The molecule has 0 atom stereocenters. The van der Waals surface area contributed by atoms with Crippen molar-refractivity contribution in [3.63, 3.8) is 0 Å². The van der Waals surface area contributed by atoms with E-state index in [-0.39, 0.29) is 11.4 Å². The maximum Gasteiger partial charge on any atom is 0.274 e. The van der Waals surface area contributed by atoms with E-state index in [1.54, 1.807) is 6.92 Å². The molecule has 0 saturated heterocycles. The topological polar surface area (TPSA) is 107 Å². The van der Waals surface area contributed by atoms with Crippen molar-refractivity contribution in [2.75, 3.05) is 11.9 Å². The van der Waals surface area contributed by atoms with Crippen molar-refractivity contribution in [3.8, 4) is 5.88 Å². The summed E-state index contributed by atoms with van der Waals surface area (Å²) >= 11 is 0. The third kappa shape index (κ3) is 3.54. The van der Waals surface area contributed by atoms with Crippen molar-refractivity contribution >= 4 is 17.3 Å². The molecule has 22 heavy (non-hydrogen) atoms. The number of hydrogen-bond acceptors (Lipinski definition) is 6. The molecule has 0 aliphatic carbocycles. The molecule has 0 aliphatic rings. The molecule has 0 radical (unpaired) electrons. The lowest BCUT2D eigenvalue weighted by Gasteiger charge is -2.08. The number of nitrogens with zero attached hydrogens (tertiary/aromatic N) is 3. The number of benzene rings is 1. The molecule has 1 amide bonds. The molecule has 0 spiro atoms. The summed E-state index contributed by atoms with van der Waals surface area (Å²) in [6.45, 7) is 3.91. The maximum atomic E-state index is 12.2. The quantitative estimate of drug-likeness (QED) is 0.671. The van der Waals surface area contributed by atoms with Gasteiger partial charge in [0.05, 0.1) is 11.5 Å². The molecule has 2 rings (SSSR count). The van der Waals surface area contributed by atoms with Gasteiger partial charge in [0.25, 0.3) is 11.6 Å². The smallest absolute Gasteiger partial charge is 0.274 e. The lowest BCUT2D eigenvalue weighted by Crippen LogP contribution is -2.15. The number of ether oxygens (including phenoxy) is 1. The van der Waals surface area contributed by atoms with E-state index in [0.717, 1.165) is 0 Å². The number of amides is 1. The molecule has 2 aromatic rings. The van der Waals surface area contributed by atoms with Crippen LogP contribution in [0.15, 0.2) is 30.6 Å². The first-order chi connectivity index (χ1) is 10.5. The van der Waals surface area contributed by atoms with Gasteiger partial charge in [-0.3, -0.25) is 14.9 Å². The van der Waals surface area contributed by atoms with Crippen LogP contribution in [0.2, 0.25) is 0 Å². The van der Waals surface area contributed by atoms with Crippen LogP contribution < -0.4 is 10.1 Å². The minimum absolute atomic E-state index is 0.0313. The van der Waals surface area contributed by atoms with Crippen LogP contribution in [-0.2, 0) is 0 Å². The average Bonchev–Trinajstić information content (AvgIpc) is 2.49. The standard InChI is InChI=1S/C14H14N4O4/c1-3-22-13-7-12(15-8-16-13)14(19)17-11-5-4-10(18(20)21)6-9(11)2/h4-8H,3H2,1-2H3,(H,17,19). The number of aromatic nitrogens is 2. The number of non-ortho nitro benzene ring substituents is 1. The minimum atomic E-state index is -0.489. The average molecular weight is 302 g/mol. The fourth-order valence-electron chi connectivity index (χ4n) is 1.78. The van der Waals surface area contributed by atoms with E-state index in [1.165, 1.54) is 30.6 Å². The molecule has 1 aromatic heterocycles. The SMILES string of the molecule is CCOc1cc(C(=O)Nc2ccc([N+](=O)[O-])cc2C)ncn1. The number of carbonyl (C=O) groups is 1. The second-order valence-electron chi connectivity index (χ2n) is 4.38. The Labute approximate surface area is 126 Å². The molecule has 0 saturated carbocycles. The Bertz CT molecular complexity index is 718. The number of carbonyl (C=O) groups excluding carboxylic acids is 1. The van der Waals surface area contributed by atoms with Crippen LogP contribution in [0, 0.1) is 17.0 Å². The normalized spacial score (nSPS) is 10.1. The molecule has 1 heterocycles. The van der Waals surface area contributed by atoms with Gasteiger partial charge in [-0.1, -0.05) is 0 Å². The van der Waals surface area contributed by atoms with Gasteiger partial charge in [0, 0.05) is 23.9 Å². The predicted molar refractivity (Wildman–Crippen MR) is 79.0 cm³/mol. The Morgan fingerprint density at radius 2 is 2.14 bits per heavy atom. The summed E-state index contributed by atoms with van der Waals surface area (Å²) in [4.78, 5) is 30.1. The van der Waals surface area contributed by atoms with Gasteiger partial charge in [0.15, 0.2) is 0 Å². The summed E-state index contributed by atoms with van der Waals surface area (Å²) in [5, 5.41) is 13.3. The zero-order chi connectivity index (χ0) is 16.1. The van der Waals surface area contributed by atoms with Crippen molar-refractivity contribution < 1.29 is 14.5 Å². The van der Waals surface area contributed by atoms with Crippen LogP contribution in [0.1, 0.15) is 23.0 Å². The molecule has 114 valence electrons. The van der Waals surface area contributed by atoms with Gasteiger partial charge in [0.1, 0.15) is 12.0 Å². The molecular weight excluding hydrogens is 288 g/mol. The van der Waals surface area contributed by atoms with Gasteiger partial charge in [-0.25, -0.2) is 9.97 Å². The first-order valence-corrected chi connectivity index (χ1v) is 6.52. The number of nitrogens with one attached hydrogen (secondary N) is 1. The lowest BCUT2D eigenvalue weighted by atomic mass is 10.1. The van der Waals surface area contributed by atoms with Crippen LogP contribution in [0.25, 0.3) is 0 Å². The van der Waals surface area contributed by atoms with Gasteiger partial charge in [-0.2, -0.15) is 0 Å². The number of rotatable bonds is 5. The molecule has 0 fully saturated rings. The van der Waals surface area contributed by atoms with Crippen molar-refractivity contribution in [1.29, 1.82) is 0 Å². The Morgan fingerprint density at radius 3 is 2.77 bits per heavy atom. The fourth-order valence-corrected chi connectivity index (χ4v) is 1.78. The summed E-state index contributed by atoms with van der Waals surface area (Å²) in [6, 6.07) is 5.63. The van der Waals surface area contributed by atoms with E-state index in [9.17, 15) is 14.9 Å².